The van der Waals surface area contributed by atoms with Gasteiger partial charge in [-0.05, 0) is 50.1 Å². The molecule has 0 saturated heterocycles. The van der Waals surface area contributed by atoms with Gasteiger partial charge < -0.3 is 24.2 Å². The number of hydrogen-bond donors (Lipinski definition) is 1. The first-order valence-electron chi connectivity index (χ1n) is 10.1. The van der Waals surface area contributed by atoms with Gasteiger partial charge in [0.2, 0.25) is 5.91 Å². The summed E-state index contributed by atoms with van der Waals surface area (Å²) in [7, 11) is 1.59. The standard InChI is InChI=1S/C24H29NO6/c1-5-25(6-2)23(26)13-17(3)18-11-12-21(22(14-18)31-16-24(27)28)30-15-19-9-7-8-10-20(19)29-4/h7-14H,5-6,15-16H2,1-4H3,(H,27,28)/b17-13-. The zero-order valence-corrected chi connectivity index (χ0v) is 18.4. The lowest BCUT2D eigenvalue weighted by atomic mass is 10.1. The van der Waals surface area contributed by atoms with Crippen molar-refractivity contribution in [1.82, 2.24) is 4.90 Å². The molecule has 2 aromatic carbocycles. The first-order chi connectivity index (χ1) is 14.9. The molecule has 0 spiro atoms. The molecule has 0 radical (unpaired) electrons. The Morgan fingerprint density at radius 3 is 2.35 bits per heavy atom. The van der Waals surface area contributed by atoms with Crippen molar-refractivity contribution in [2.75, 3.05) is 26.8 Å². The highest BCUT2D eigenvalue weighted by Crippen LogP contribution is 2.32. The van der Waals surface area contributed by atoms with Crippen LogP contribution in [0.3, 0.4) is 0 Å². The molecule has 0 atom stereocenters. The molecular formula is C24H29NO6. The number of carbonyl (C=O) groups is 2. The smallest absolute Gasteiger partial charge is 0.341 e. The SMILES string of the molecule is CCN(CC)C(=O)/C=C(/C)c1ccc(OCc2ccccc2OC)c(OCC(=O)O)c1. The minimum Gasteiger partial charge on any atom is -0.496 e. The predicted octanol–water partition coefficient (Wildman–Crippen LogP) is 4.01. The van der Waals surface area contributed by atoms with Crippen LogP contribution >= 0.6 is 0 Å². The molecule has 0 aromatic heterocycles. The van der Waals surface area contributed by atoms with Crippen molar-refractivity contribution in [2.24, 2.45) is 0 Å². The Morgan fingerprint density at radius 2 is 1.71 bits per heavy atom. The van der Waals surface area contributed by atoms with E-state index in [1.54, 1.807) is 30.2 Å². The first-order valence-corrected chi connectivity index (χ1v) is 10.1. The van der Waals surface area contributed by atoms with E-state index < -0.39 is 12.6 Å². The van der Waals surface area contributed by atoms with Crippen molar-refractivity contribution < 1.29 is 28.9 Å². The third-order valence-corrected chi connectivity index (χ3v) is 4.74. The van der Waals surface area contributed by atoms with Crippen LogP contribution in [0.1, 0.15) is 31.9 Å². The molecule has 0 aliphatic rings. The highest BCUT2D eigenvalue weighted by atomic mass is 16.5. The van der Waals surface area contributed by atoms with Crippen molar-refractivity contribution in [1.29, 1.82) is 0 Å². The number of rotatable bonds is 11. The number of carboxylic acid groups (broad SMARTS) is 1. The van der Waals surface area contributed by atoms with Crippen LogP contribution in [-0.2, 0) is 16.2 Å². The molecule has 1 amide bonds. The molecule has 1 N–H and O–H groups in total. The topological polar surface area (TPSA) is 85.3 Å². The normalized spacial score (nSPS) is 11.0. The van der Waals surface area contributed by atoms with Gasteiger partial charge in [-0.15, -0.1) is 0 Å². The lowest BCUT2D eigenvalue weighted by molar-refractivity contribution is -0.139. The summed E-state index contributed by atoms with van der Waals surface area (Å²) in [6.45, 7) is 6.65. The van der Waals surface area contributed by atoms with Gasteiger partial charge in [-0.1, -0.05) is 24.3 Å². The minimum atomic E-state index is -1.09. The third-order valence-electron chi connectivity index (χ3n) is 4.74. The molecule has 2 rings (SSSR count). The molecule has 2 aromatic rings. The van der Waals surface area contributed by atoms with Gasteiger partial charge in [-0.2, -0.15) is 0 Å². The van der Waals surface area contributed by atoms with Gasteiger partial charge in [0.25, 0.3) is 0 Å². The van der Waals surface area contributed by atoms with E-state index in [1.807, 2.05) is 51.1 Å². The average molecular weight is 427 g/mol. The molecule has 0 saturated carbocycles. The fourth-order valence-corrected chi connectivity index (χ4v) is 3.00. The van der Waals surface area contributed by atoms with Crippen LogP contribution in [0.25, 0.3) is 5.57 Å². The van der Waals surface area contributed by atoms with Crippen molar-refractivity contribution in [3.05, 3.63) is 59.7 Å². The van der Waals surface area contributed by atoms with Gasteiger partial charge in [0, 0.05) is 24.7 Å². The number of ether oxygens (including phenoxy) is 3. The van der Waals surface area contributed by atoms with Gasteiger partial charge in [0.1, 0.15) is 12.4 Å². The Bertz CT molecular complexity index is 933. The molecule has 7 nitrogen and oxygen atoms in total. The molecular weight excluding hydrogens is 398 g/mol. The molecule has 0 fully saturated rings. The first kappa shape index (κ1) is 23.8. The van der Waals surface area contributed by atoms with E-state index in [-0.39, 0.29) is 18.3 Å². The van der Waals surface area contributed by atoms with E-state index in [1.165, 1.54) is 0 Å². The fraction of sp³-hybridized carbons (Fsp3) is 0.333. The summed E-state index contributed by atoms with van der Waals surface area (Å²) in [5.41, 5.74) is 2.33. The van der Waals surface area contributed by atoms with Gasteiger partial charge in [-0.3, -0.25) is 4.79 Å². The summed E-state index contributed by atoms with van der Waals surface area (Å²) in [5.74, 6) is 0.217. The number of carboxylic acids is 1. The van der Waals surface area contributed by atoms with Crippen molar-refractivity contribution >= 4 is 17.4 Å². The van der Waals surface area contributed by atoms with Crippen LogP contribution in [0.15, 0.2) is 48.5 Å². The van der Waals surface area contributed by atoms with Crippen molar-refractivity contribution in [2.45, 2.75) is 27.4 Å². The number of hydrogen-bond acceptors (Lipinski definition) is 5. The van der Waals surface area contributed by atoms with Gasteiger partial charge >= 0.3 is 5.97 Å². The summed E-state index contributed by atoms with van der Waals surface area (Å²) in [4.78, 5) is 25.1. The van der Waals surface area contributed by atoms with Gasteiger partial charge in [0.05, 0.1) is 7.11 Å². The van der Waals surface area contributed by atoms with E-state index in [0.717, 1.165) is 16.7 Å². The molecule has 7 heteroatoms. The van der Waals surface area contributed by atoms with E-state index in [9.17, 15) is 9.59 Å². The Labute approximate surface area is 182 Å². The van der Waals surface area contributed by atoms with E-state index in [0.29, 0.717) is 24.6 Å². The Morgan fingerprint density at radius 1 is 1.00 bits per heavy atom. The Hall–Kier alpha value is -3.48. The number of carbonyl (C=O) groups excluding carboxylic acids is 1. The summed E-state index contributed by atoms with van der Waals surface area (Å²) in [6.07, 6.45) is 1.57. The largest absolute Gasteiger partial charge is 0.496 e. The number of para-hydroxylation sites is 1. The number of allylic oxidation sites excluding steroid dienone is 1. The van der Waals surface area contributed by atoms with Crippen LogP contribution in [-0.4, -0.2) is 48.7 Å². The van der Waals surface area contributed by atoms with Crippen molar-refractivity contribution in [3.8, 4) is 17.2 Å². The maximum Gasteiger partial charge on any atom is 0.341 e. The van der Waals surface area contributed by atoms with E-state index in [4.69, 9.17) is 19.3 Å². The van der Waals surface area contributed by atoms with Crippen LogP contribution in [0, 0.1) is 0 Å². The van der Waals surface area contributed by atoms with Crippen molar-refractivity contribution in [3.63, 3.8) is 0 Å². The number of benzene rings is 2. The second-order valence-corrected chi connectivity index (χ2v) is 6.78. The van der Waals surface area contributed by atoms with E-state index >= 15 is 0 Å². The monoisotopic (exact) mass is 427 g/mol. The lowest BCUT2D eigenvalue weighted by Gasteiger charge is -2.17. The quantitative estimate of drug-likeness (QED) is 0.546. The molecule has 166 valence electrons. The number of aliphatic carboxylic acids is 1. The zero-order chi connectivity index (χ0) is 22.8. The summed E-state index contributed by atoms with van der Waals surface area (Å²) < 4.78 is 16.7. The average Bonchev–Trinajstić information content (AvgIpc) is 2.77. The van der Waals surface area contributed by atoms with Crippen LogP contribution in [0.4, 0.5) is 0 Å². The number of amides is 1. The second kappa shape index (κ2) is 11.6. The van der Waals surface area contributed by atoms with Gasteiger partial charge in [-0.25, -0.2) is 4.79 Å². The maximum absolute atomic E-state index is 12.4. The summed E-state index contributed by atoms with van der Waals surface area (Å²) >= 11 is 0. The molecule has 0 aliphatic carbocycles. The third kappa shape index (κ3) is 6.77. The lowest BCUT2D eigenvalue weighted by Crippen LogP contribution is -2.28. The zero-order valence-electron chi connectivity index (χ0n) is 18.4. The maximum atomic E-state index is 12.4. The molecule has 0 heterocycles. The van der Waals surface area contributed by atoms with Gasteiger partial charge in [0.15, 0.2) is 18.1 Å². The highest BCUT2D eigenvalue weighted by Gasteiger charge is 2.13. The number of methoxy groups -OCH3 is 1. The summed E-state index contributed by atoms with van der Waals surface area (Å²) in [6, 6.07) is 12.7. The molecule has 31 heavy (non-hydrogen) atoms. The Kier molecular flexibility index (Phi) is 8.94. The summed E-state index contributed by atoms with van der Waals surface area (Å²) in [5, 5.41) is 9.01. The molecule has 0 aliphatic heterocycles. The minimum absolute atomic E-state index is 0.0768. The fourth-order valence-electron chi connectivity index (χ4n) is 3.00. The van der Waals surface area contributed by atoms with Crippen LogP contribution < -0.4 is 14.2 Å². The predicted molar refractivity (Wildman–Crippen MR) is 118 cm³/mol. The second-order valence-electron chi connectivity index (χ2n) is 6.78. The number of likely N-dealkylation sites (N-methyl/N-ethyl adjacent to an activating group) is 1. The number of nitrogens with zero attached hydrogens (tertiary/aromatic N) is 1. The molecule has 0 unspecified atom stereocenters. The van der Waals surface area contributed by atoms with Crippen LogP contribution in [0.2, 0.25) is 0 Å². The van der Waals surface area contributed by atoms with E-state index in [2.05, 4.69) is 0 Å². The molecule has 0 bridgehead atoms. The highest BCUT2D eigenvalue weighted by molar-refractivity contribution is 5.95. The van der Waals surface area contributed by atoms with Crippen LogP contribution in [0.5, 0.6) is 17.2 Å². The Balaban J connectivity index is 2.28.